The van der Waals surface area contributed by atoms with Crippen LogP contribution in [0.25, 0.3) is 0 Å². The van der Waals surface area contributed by atoms with E-state index in [1.165, 1.54) is 244 Å². The van der Waals surface area contributed by atoms with Gasteiger partial charge in [-0.25, -0.2) is 0 Å². The van der Waals surface area contributed by atoms with Crippen molar-refractivity contribution >= 4 is 17.9 Å². The second kappa shape index (κ2) is 62.2. The van der Waals surface area contributed by atoms with Crippen molar-refractivity contribution in [1.29, 1.82) is 0 Å². The third kappa shape index (κ3) is 60.4. The van der Waals surface area contributed by atoms with Gasteiger partial charge in [0.15, 0.2) is 6.10 Å². The Balaban J connectivity index is 4.27. The van der Waals surface area contributed by atoms with E-state index in [2.05, 4.69) is 57.2 Å². The predicted octanol–water partition coefficient (Wildman–Crippen LogP) is 22.0. The summed E-state index contributed by atoms with van der Waals surface area (Å²) in [6.07, 6.45) is 75.8. The normalized spacial score (nSPS) is 12.2. The van der Waals surface area contributed by atoms with Crippen LogP contribution in [0.2, 0.25) is 0 Å². The Bertz CT molecular complexity index is 1220. The largest absolute Gasteiger partial charge is 0.462 e. The Hall–Kier alpha value is -2.37. The van der Waals surface area contributed by atoms with Gasteiger partial charge in [0.1, 0.15) is 13.2 Å². The van der Waals surface area contributed by atoms with Crippen molar-refractivity contribution in [3.63, 3.8) is 0 Å². The molecule has 6 nitrogen and oxygen atoms in total. The lowest BCUT2D eigenvalue weighted by Gasteiger charge is -2.18. The molecule has 0 amide bonds. The molecule has 0 rings (SSSR count). The maximum atomic E-state index is 12.9. The lowest BCUT2D eigenvalue weighted by Crippen LogP contribution is -2.30. The molecule has 0 saturated carbocycles. The van der Waals surface area contributed by atoms with E-state index in [1.807, 2.05) is 0 Å². The maximum absolute atomic E-state index is 12.9. The van der Waals surface area contributed by atoms with Crippen molar-refractivity contribution in [2.24, 2.45) is 0 Å². The molecule has 1 unspecified atom stereocenters. The molecular weight excluding hydrogens is 901 g/mol. The summed E-state index contributed by atoms with van der Waals surface area (Å²) in [5.41, 5.74) is 0. The smallest absolute Gasteiger partial charge is 0.306 e. The molecule has 428 valence electrons. The van der Waals surface area contributed by atoms with Crippen LogP contribution >= 0.6 is 0 Å². The third-order valence-corrected chi connectivity index (χ3v) is 14.6. The minimum absolute atomic E-state index is 0.0722. The molecule has 0 aliphatic carbocycles. The van der Waals surface area contributed by atoms with E-state index in [9.17, 15) is 14.4 Å². The summed E-state index contributed by atoms with van der Waals surface area (Å²) in [6.45, 7) is 6.65. The topological polar surface area (TPSA) is 78.9 Å². The van der Waals surface area contributed by atoms with Gasteiger partial charge in [0, 0.05) is 19.3 Å². The summed E-state index contributed by atoms with van der Waals surface area (Å²) < 4.78 is 16.9. The van der Waals surface area contributed by atoms with Crippen LogP contribution in [0.3, 0.4) is 0 Å². The highest BCUT2D eigenvalue weighted by Crippen LogP contribution is 2.18. The van der Waals surface area contributed by atoms with Crippen molar-refractivity contribution in [2.45, 2.75) is 361 Å². The van der Waals surface area contributed by atoms with Gasteiger partial charge >= 0.3 is 17.9 Å². The van der Waals surface area contributed by atoms with E-state index >= 15 is 0 Å². The SMILES string of the molecule is CCCCC/C=C\C/C=C\CCCCCCCCCCCC(=O)OC(COC(=O)CCCCCCC/C=C\CCCCCC)COC(=O)CCCCCCCCCCCCCCCCCCCCCCCCC. The quantitative estimate of drug-likeness (QED) is 0.0261. The Morgan fingerprint density at radius 1 is 0.274 bits per heavy atom. The first-order chi connectivity index (χ1) is 36.0. The fourth-order valence-electron chi connectivity index (χ4n) is 9.71. The number of carbonyl (C=O) groups excluding carboxylic acids is 3. The summed E-state index contributed by atoms with van der Waals surface area (Å²) in [7, 11) is 0. The molecule has 0 aliphatic heterocycles. The second-order valence-corrected chi connectivity index (χ2v) is 22.0. The molecule has 1 atom stereocenters. The van der Waals surface area contributed by atoms with Crippen LogP contribution in [0.1, 0.15) is 355 Å². The van der Waals surface area contributed by atoms with Gasteiger partial charge in [-0.2, -0.15) is 0 Å². The molecule has 0 aromatic heterocycles. The van der Waals surface area contributed by atoms with Gasteiger partial charge in [-0.3, -0.25) is 14.4 Å². The van der Waals surface area contributed by atoms with E-state index in [4.69, 9.17) is 14.2 Å². The van der Waals surface area contributed by atoms with Crippen LogP contribution in [-0.4, -0.2) is 37.2 Å². The van der Waals surface area contributed by atoms with Crippen molar-refractivity contribution < 1.29 is 28.6 Å². The summed E-state index contributed by atoms with van der Waals surface area (Å²) in [6, 6.07) is 0. The number of unbranched alkanes of at least 4 members (excludes halogenated alkanes) is 43. The Labute approximate surface area is 455 Å². The molecule has 0 heterocycles. The molecule has 0 radical (unpaired) electrons. The van der Waals surface area contributed by atoms with Crippen LogP contribution in [-0.2, 0) is 28.6 Å². The fraction of sp³-hybridized carbons (Fsp3) is 0.866. The number of allylic oxidation sites excluding steroid dienone is 6. The molecule has 0 aromatic rings. The minimum atomic E-state index is -0.776. The van der Waals surface area contributed by atoms with Gasteiger partial charge in [0.05, 0.1) is 0 Å². The average molecular weight is 1030 g/mol. The number of rotatable bonds is 60. The third-order valence-electron chi connectivity index (χ3n) is 14.6. The van der Waals surface area contributed by atoms with Crippen LogP contribution in [0.15, 0.2) is 36.5 Å². The lowest BCUT2D eigenvalue weighted by molar-refractivity contribution is -0.167. The first kappa shape index (κ1) is 70.6. The first-order valence-electron chi connectivity index (χ1n) is 32.5. The van der Waals surface area contributed by atoms with Crippen LogP contribution in [0.4, 0.5) is 0 Å². The number of hydrogen-bond donors (Lipinski definition) is 0. The number of esters is 3. The predicted molar refractivity (Wildman–Crippen MR) is 316 cm³/mol. The highest BCUT2D eigenvalue weighted by molar-refractivity contribution is 5.71. The second-order valence-electron chi connectivity index (χ2n) is 22.0. The number of hydrogen-bond acceptors (Lipinski definition) is 6. The fourth-order valence-corrected chi connectivity index (χ4v) is 9.71. The van der Waals surface area contributed by atoms with Crippen molar-refractivity contribution in [3.8, 4) is 0 Å². The van der Waals surface area contributed by atoms with Crippen molar-refractivity contribution in [2.75, 3.05) is 13.2 Å². The van der Waals surface area contributed by atoms with Crippen molar-refractivity contribution in [1.82, 2.24) is 0 Å². The van der Waals surface area contributed by atoms with Crippen LogP contribution < -0.4 is 0 Å². The van der Waals surface area contributed by atoms with Gasteiger partial charge < -0.3 is 14.2 Å². The monoisotopic (exact) mass is 1020 g/mol. The zero-order valence-electron chi connectivity index (χ0n) is 49.2. The molecule has 0 bridgehead atoms. The number of ether oxygens (including phenoxy) is 3. The van der Waals surface area contributed by atoms with Gasteiger partial charge in [0.25, 0.3) is 0 Å². The highest BCUT2D eigenvalue weighted by atomic mass is 16.6. The summed E-state index contributed by atoms with van der Waals surface area (Å²) in [5, 5.41) is 0. The zero-order chi connectivity index (χ0) is 52.9. The zero-order valence-corrected chi connectivity index (χ0v) is 49.2. The lowest BCUT2D eigenvalue weighted by atomic mass is 10.0. The molecule has 0 aliphatic rings. The molecule has 6 heteroatoms. The molecule has 0 saturated heterocycles. The van der Waals surface area contributed by atoms with Crippen LogP contribution in [0.5, 0.6) is 0 Å². The molecule has 0 aromatic carbocycles. The van der Waals surface area contributed by atoms with Crippen molar-refractivity contribution in [3.05, 3.63) is 36.5 Å². The molecule has 73 heavy (non-hydrogen) atoms. The van der Waals surface area contributed by atoms with E-state index in [0.717, 1.165) is 70.6 Å². The first-order valence-corrected chi connectivity index (χ1v) is 32.5. The molecule has 0 fully saturated rings. The van der Waals surface area contributed by atoms with Gasteiger partial charge in [0.2, 0.25) is 0 Å². The van der Waals surface area contributed by atoms with Crippen LogP contribution in [0, 0.1) is 0 Å². The average Bonchev–Trinajstić information content (AvgIpc) is 3.39. The van der Waals surface area contributed by atoms with Gasteiger partial charge in [-0.15, -0.1) is 0 Å². The standard InChI is InChI=1S/C67H124O6/c1-4-7-10-13-16-19-22-25-27-29-31-32-33-34-36-37-39-42-45-48-51-54-57-60-66(69)72-63-64(62-71-65(68)59-56-53-50-47-44-41-24-21-18-15-12-9-6-3)73-67(70)61-58-55-52-49-46-43-40-38-35-30-28-26-23-20-17-14-11-8-5-2/h17,20-21,24,26,28,64H,4-16,18-19,22-23,25,27,29-63H2,1-3H3/b20-17-,24-21-,28-26-. The maximum Gasteiger partial charge on any atom is 0.306 e. The highest BCUT2D eigenvalue weighted by Gasteiger charge is 2.19. The van der Waals surface area contributed by atoms with E-state index in [-0.39, 0.29) is 31.1 Å². The summed E-state index contributed by atoms with van der Waals surface area (Å²) in [4.78, 5) is 38.3. The van der Waals surface area contributed by atoms with E-state index < -0.39 is 6.10 Å². The number of carbonyl (C=O) groups is 3. The Morgan fingerprint density at radius 2 is 0.493 bits per heavy atom. The molecule has 0 N–H and O–H groups in total. The van der Waals surface area contributed by atoms with Gasteiger partial charge in [-0.05, 0) is 77.0 Å². The summed E-state index contributed by atoms with van der Waals surface area (Å²) >= 11 is 0. The van der Waals surface area contributed by atoms with E-state index in [1.54, 1.807) is 0 Å². The van der Waals surface area contributed by atoms with E-state index in [0.29, 0.717) is 19.3 Å². The Morgan fingerprint density at radius 3 is 0.808 bits per heavy atom. The Kier molecular flexibility index (Phi) is 60.2. The molecule has 0 spiro atoms. The van der Waals surface area contributed by atoms with Gasteiger partial charge in [-0.1, -0.05) is 295 Å². The minimum Gasteiger partial charge on any atom is -0.462 e. The summed E-state index contributed by atoms with van der Waals surface area (Å²) in [5.74, 6) is -0.862. The molecular formula is C67H124O6.